The van der Waals surface area contributed by atoms with E-state index in [1.807, 2.05) is 37.3 Å². The highest BCUT2D eigenvalue weighted by Gasteiger charge is 2.07. The maximum Gasteiger partial charge on any atom is 0.161 e. The van der Waals surface area contributed by atoms with Gasteiger partial charge in [-0.2, -0.15) is 0 Å². The van der Waals surface area contributed by atoms with Crippen molar-refractivity contribution in [2.45, 2.75) is 26.9 Å². The van der Waals surface area contributed by atoms with Crippen LogP contribution in [0.25, 0.3) is 0 Å². The second-order valence-corrected chi connectivity index (χ2v) is 4.88. The highest BCUT2D eigenvalue weighted by atomic mass is 16.5. The summed E-state index contributed by atoms with van der Waals surface area (Å²) in [4.78, 5) is 4.36. The minimum Gasteiger partial charge on any atom is -0.493 e. The minimum atomic E-state index is 0.458. The maximum absolute atomic E-state index is 5.88. The molecule has 1 N–H and O–H groups in total. The third-order valence-electron chi connectivity index (χ3n) is 3.14. The van der Waals surface area contributed by atoms with Gasteiger partial charge in [-0.3, -0.25) is 0 Å². The zero-order chi connectivity index (χ0) is 15.1. The Morgan fingerprint density at radius 3 is 2.81 bits per heavy atom. The summed E-state index contributed by atoms with van der Waals surface area (Å²) in [6, 6.07) is 9.85. The third-order valence-corrected chi connectivity index (χ3v) is 3.14. The van der Waals surface area contributed by atoms with Crippen molar-refractivity contribution in [2.75, 3.05) is 19.0 Å². The molecule has 0 unspecified atom stereocenters. The largest absolute Gasteiger partial charge is 0.493 e. The number of aromatic nitrogens is 1. The monoisotopic (exact) mass is 286 g/mol. The van der Waals surface area contributed by atoms with Gasteiger partial charge in [0, 0.05) is 18.3 Å². The van der Waals surface area contributed by atoms with Crippen LogP contribution in [0.3, 0.4) is 0 Å². The van der Waals surface area contributed by atoms with Gasteiger partial charge in [0.2, 0.25) is 0 Å². The van der Waals surface area contributed by atoms with Gasteiger partial charge in [0.1, 0.15) is 12.4 Å². The van der Waals surface area contributed by atoms with Gasteiger partial charge in [-0.15, -0.1) is 0 Å². The first-order chi connectivity index (χ1) is 10.2. The fourth-order valence-electron chi connectivity index (χ4n) is 2.01. The molecule has 0 radical (unpaired) electrons. The van der Waals surface area contributed by atoms with Crippen molar-refractivity contribution < 1.29 is 9.47 Å². The van der Waals surface area contributed by atoms with Gasteiger partial charge in [0.25, 0.3) is 0 Å². The molecule has 2 rings (SSSR count). The van der Waals surface area contributed by atoms with Crippen molar-refractivity contribution in [1.29, 1.82) is 0 Å². The molecule has 0 saturated heterocycles. The van der Waals surface area contributed by atoms with Crippen molar-refractivity contribution in [2.24, 2.45) is 0 Å². The lowest BCUT2D eigenvalue weighted by Crippen LogP contribution is -2.07. The van der Waals surface area contributed by atoms with E-state index < -0.39 is 0 Å². The van der Waals surface area contributed by atoms with Crippen molar-refractivity contribution in [1.82, 2.24) is 4.98 Å². The summed E-state index contributed by atoms with van der Waals surface area (Å²) in [5.74, 6) is 2.38. The molecule has 0 amide bonds. The van der Waals surface area contributed by atoms with Crippen LogP contribution < -0.4 is 14.8 Å². The lowest BCUT2D eigenvalue weighted by Gasteiger charge is -2.13. The van der Waals surface area contributed by atoms with E-state index in [2.05, 4.69) is 17.2 Å². The number of aryl methyl sites for hydroxylation is 1. The number of nitrogens with one attached hydrogen (secondary N) is 1. The molecule has 0 aliphatic heterocycles. The second kappa shape index (κ2) is 7.53. The summed E-state index contributed by atoms with van der Waals surface area (Å²) in [5.41, 5.74) is 2.18. The summed E-state index contributed by atoms with van der Waals surface area (Å²) in [5, 5.41) is 3.31. The van der Waals surface area contributed by atoms with Crippen LogP contribution in [-0.2, 0) is 6.61 Å². The van der Waals surface area contributed by atoms with E-state index in [0.29, 0.717) is 6.61 Å². The smallest absolute Gasteiger partial charge is 0.161 e. The highest BCUT2D eigenvalue weighted by Crippen LogP contribution is 2.29. The molecule has 112 valence electrons. The standard InChI is InChI=1S/C17H22N2O2/c1-4-9-18-17-14(6-5-10-19-17)12-21-15-8-7-13(2)11-16(15)20-3/h5-8,10-11H,4,9,12H2,1-3H3,(H,18,19). The van der Waals surface area contributed by atoms with Gasteiger partial charge in [0.05, 0.1) is 7.11 Å². The Hall–Kier alpha value is -2.23. The number of hydrogen-bond donors (Lipinski definition) is 1. The maximum atomic E-state index is 5.88. The van der Waals surface area contributed by atoms with E-state index in [4.69, 9.17) is 9.47 Å². The molecule has 0 bridgehead atoms. The third kappa shape index (κ3) is 4.12. The van der Waals surface area contributed by atoms with Crippen LogP contribution in [0.4, 0.5) is 5.82 Å². The molecule has 0 fully saturated rings. The Balaban J connectivity index is 2.09. The van der Waals surface area contributed by atoms with E-state index in [1.54, 1.807) is 13.3 Å². The molecular formula is C17H22N2O2. The molecule has 4 nitrogen and oxygen atoms in total. The van der Waals surface area contributed by atoms with Gasteiger partial charge in [-0.25, -0.2) is 4.98 Å². The summed E-state index contributed by atoms with van der Waals surface area (Å²) in [7, 11) is 1.65. The molecule has 0 aliphatic carbocycles. The van der Waals surface area contributed by atoms with Gasteiger partial charge in [-0.05, 0) is 37.1 Å². The molecule has 21 heavy (non-hydrogen) atoms. The predicted molar refractivity (Wildman–Crippen MR) is 85.1 cm³/mol. The van der Waals surface area contributed by atoms with Crippen LogP contribution in [0.2, 0.25) is 0 Å². The van der Waals surface area contributed by atoms with E-state index in [1.165, 1.54) is 0 Å². The number of methoxy groups -OCH3 is 1. The zero-order valence-electron chi connectivity index (χ0n) is 12.8. The van der Waals surface area contributed by atoms with Gasteiger partial charge in [-0.1, -0.05) is 19.1 Å². The molecule has 1 heterocycles. The molecule has 0 saturated carbocycles. The van der Waals surface area contributed by atoms with Crippen LogP contribution in [0, 0.1) is 6.92 Å². The zero-order valence-corrected chi connectivity index (χ0v) is 12.8. The normalized spacial score (nSPS) is 10.2. The van der Waals surface area contributed by atoms with Gasteiger partial charge >= 0.3 is 0 Å². The summed E-state index contributed by atoms with van der Waals surface area (Å²) < 4.78 is 11.2. The number of anilines is 1. The predicted octanol–water partition coefficient (Wildman–Crippen LogP) is 3.80. The van der Waals surface area contributed by atoms with Crippen molar-refractivity contribution in [3.8, 4) is 11.5 Å². The SMILES string of the molecule is CCCNc1ncccc1COc1ccc(C)cc1OC. The molecule has 1 aromatic heterocycles. The Morgan fingerprint density at radius 2 is 2.05 bits per heavy atom. The Morgan fingerprint density at radius 1 is 1.19 bits per heavy atom. The molecular weight excluding hydrogens is 264 g/mol. The quantitative estimate of drug-likeness (QED) is 0.840. The summed E-state index contributed by atoms with van der Waals surface area (Å²) in [6.45, 7) is 5.51. The van der Waals surface area contributed by atoms with Crippen molar-refractivity contribution >= 4 is 5.82 Å². The Bertz CT molecular complexity index is 585. The van der Waals surface area contributed by atoms with Crippen LogP contribution in [-0.4, -0.2) is 18.6 Å². The van der Waals surface area contributed by atoms with E-state index in [0.717, 1.165) is 41.4 Å². The number of hydrogen-bond acceptors (Lipinski definition) is 4. The average molecular weight is 286 g/mol. The molecule has 0 spiro atoms. The average Bonchev–Trinajstić information content (AvgIpc) is 2.52. The van der Waals surface area contributed by atoms with Gasteiger partial charge in [0.15, 0.2) is 11.5 Å². The number of benzene rings is 1. The molecule has 0 atom stereocenters. The number of nitrogens with zero attached hydrogens (tertiary/aromatic N) is 1. The second-order valence-electron chi connectivity index (χ2n) is 4.88. The molecule has 1 aromatic carbocycles. The van der Waals surface area contributed by atoms with Gasteiger partial charge < -0.3 is 14.8 Å². The molecule has 4 heteroatoms. The summed E-state index contributed by atoms with van der Waals surface area (Å²) >= 11 is 0. The van der Waals surface area contributed by atoms with E-state index >= 15 is 0 Å². The lowest BCUT2D eigenvalue weighted by molar-refractivity contribution is 0.284. The first-order valence-corrected chi connectivity index (χ1v) is 7.19. The van der Waals surface area contributed by atoms with Crippen LogP contribution in [0.5, 0.6) is 11.5 Å². The lowest BCUT2D eigenvalue weighted by atomic mass is 10.2. The van der Waals surface area contributed by atoms with Crippen LogP contribution in [0.1, 0.15) is 24.5 Å². The Kier molecular flexibility index (Phi) is 5.43. The first kappa shape index (κ1) is 15.2. The first-order valence-electron chi connectivity index (χ1n) is 7.19. The summed E-state index contributed by atoms with van der Waals surface area (Å²) in [6.07, 6.45) is 2.84. The minimum absolute atomic E-state index is 0.458. The van der Waals surface area contributed by atoms with E-state index in [-0.39, 0.29) is 0 Å². The number of ether oxygens (including phenoxy) is 2. The fourth-order valence-corrected chi connectivity index (χ4v) is 2.01. The number of pyridine rings is 1. The van der Waals surface area contributed by atoms with Crippen LogP contribution in [0.15, 0.2) is 36.5 Å². The van der Waals surface area contributed by atoms with Crippen molar-refractivity contribution in [3.05, 3.63) is 47.7 Å². The fraction of sp³-hybridized carbons (Fsp3) is 0.353. The topological polar surface area (TPSA) is 43.4 Å². The van der Waals surface area contributed by atoms with Crippen molar-refractivity contribution in [3.63, 3.8) is 0 Å². The molecule has 0 aliphatic rings. The Labute approximate surface area is 126 Å². The molecule has 2 aromatic rings. The van der Waals surface area contributed by atoms with E-state index in [9.17, 15) is 0 Å². The van der Waals surface area contributed by atoms with Crippen LogP contribution >= 0.6 is 0 Å². The highest BCUT2D eigenvalue weighted by molar-refractivity contribution is 5.45. The number of rotatable bonds is 7.